The number of rotatable bonds is 3. The van der Waals surface area contributed by atoms with Crippen LogP contribution in [0.2, 0.25) is 0 Å². The van der Waals surface area contributed by atoms with Crippen LogP contribution in [0.3, 0.4) is 0 Å². The molecule has 0 heterocycles. The molecule has 0 aliphatic heterocycles. The van der Waals surface area contributed by atoms with E-state index in [2.05, 4.69) is 36.9 Å². The first-order valence-corrected chi connectivity index (χ1v) is 5.09. The van der Waals surface area contributed by atoms with Gasteiger partial charge in [0, 0.05) is 25.8 Å². The largest absolute Gasteiger partial charge is 0.378 e. The summed E-state index contributed by atoms with van der Waals surface area (Å²) in [6.07, 6.45) is 0.988. The van der Waals surface area contributed by atoms with Gasteiger partial charge in [-0.25, -0.2) is 0 Å². The highest BCUT2D eigenvalue weighted by atomic mass is 15.1. The van der Waals surface area contributed by atoms with Gasteiger partial charge in [0.1, 0.15) is 0 Å². The van der Waals surface area contributed by atoms with Gasteiger partial charge in [0.2, 0.25) is 0 Å². The van der Waals surface area contributed by atoms with Gasteiger partial charge >= 0.3 is 0 Å². The van der Waals surface area contributed by atoms with Gasteiger partial charge in [-0.15, -0.1) is 0 Å². The fourth-order valence-electron chi connectivity index (χ4n) is 1.57. The van der Waals surface area contributed by atoms with Crippen molar-refractivity contribution < 1.29 is 0 Å². The lowest BCUT2D eigenvalue weighted by Crippen LogP contribution is -2.12. The minimum Gasteiger partial charge on any atom is -0.378 e. The molecule has 2 heteroatoms. The molecular formula is C12H20N2. The summed E-state index contributed by atoms with van der Waals surface area (Å²) >= 11 is 0. The number of benzene rings is 1. The molecule has 0 aliphatic rings. The second kappa shape index (κ2) is 4.47. The number of hydrogen-bond donors (Lipinski definition) is 1. The van der Waals surface area contributed by atoms with E-state index in [9.17, 15) is 0 Å². The molecule has 0 fully saturated rings. The lowest BCUT2D eigenvalue weighted by Gasteiger charge is -2.17. The van der Waals surface area contributed by atoms with E-state index in [1.54, 1.807) is 0 Å². The molecule has 1 aromatic rings. The lowest BCUT2D eigenvalue weighted by molar-refractivity contribution is 0.694. The van der Waals surface area contributed by atoms with Crippen molar-refractivity contribution in [1.29, 1.82) is 0 Å². The van der Waals surface area contributed by atoms with Crippen LogP contribution >= 0.6 is 0 Å². The summed E-state index contributed by atoms with van der Waals surface area (Å²) in [5.74, 6) is 0. The van der Waals surface area contributed by atoms with Gasteiger partial charge in [0.25, 0.3) is 0 Å². The van der Waals surface area contributed by atoms with Crippen LogP contribution in [0.1, 0.15) is 30.5 Å². The number of aryl methyl sites for hydroxylation is 1. The summed E-state index contributed by atoms with van der Waals surface area (Å²) in [5, 5.41) is 0. The predicted molar refractivity (Wildman–Crippen MR) is 62.7 cm³/mol. The average Bonchev–Trinajstić information content (AvgIpc) is 2.16. The van der Waals surface area contributed by atoms with Crippen LogP contribution in [0.25, 0.3) is 0 Å². The van der Waals surface area contributed by atoms with Crippen molar-refractivity contribution in [3.63, 3.8) is 0 Å². The minimum absolute atomic E-state index is 0.172. The molecule has 2 nitrogen and oxygen atoms in total. The first kappa shape index (κ1) is 11.1. The maximum atomic E-state index is 6.01. The molecule has 78 valence electrons. The maximum Gasteiger partial charge on any atom is 0.0363 e. The van der Waals surface area contributed by atoms with Gasteiger partial charge in [-0.05, 0) is 36.6 Å². The monoisotopic (exact) mass is 192 g/mol. The fraction of sp³-hybridized carbons (Fsp3) is 0.500. The topological polar surface area (TPSA) is 29.3 Å². The summed E-state index contributed by atoms with van der Waals surface area (Å²) in [7, 11) is 4.10. The molecule has 0 bridgehead atoms. The molecule has 1 atom stereocenters. The van der Waals surface area contributed by atoms with Crippen molar-refractivity contribution in [3.8, 4) is 0 Å². The zero-order valence-electron chi connectivity index (χ0n) is 9.54. The third kappa shape index (κ3) is 2.26. The second-order valence-corrected chi connectivity index (χ2v) is 3.95. The quantitative estimate of drug-likeness (QED) is 0.797. The Hall–Kier alpha value is -1.02. The third-order valence-corrected chi connectivity index (χ3v) is 2.61. The lowest BCUT2D eigenvalue weighted by atomic mass is 9.99. The maximum absolute atomic E-state index is 6.01. The number of anilines is 1. The van der Waals surface area contributed by atoms with Crippen LogP contribution in [0.15, 0.2) is 18.2 Å². The van der Waals surface area contributed by atoms with Crippen LogP contribution in [0, 0.1) is 6.92 Å². The van der Waals surface area contributed by atoms with E-state index in [1.165, 1.54) is 16.8 Å². The van der Waals surface area contributed by atoms with Crippen LogP contribution in [-0.4, -0.2) is 14.1 Å². The fourth-order valence-corrected chi connectivity index (χ4v) is 1.57. The SMILES string of the molecule is CC[C@H](N)c1ccc(N(C)C)cc1C. The van der Waals surface area contributed by atoms with E-state index in [4.69, 9.17) is 5.73 Å². The normalized spacial score (nSPS) is 12.6. The Bertz CT molecular complexity index is 305. The van der Waals surface area contributed by atoms with Gasteiger partial charge in [0.05, 0.1) is 0 Å². The molecule has 0 unspecified atom stereocenters. The van der Waals surface area contributed by atoms with Gasteiger partial charge in [-0.2, -0.15) is 0 Å². The van der Waals surface area contributed by atoms with Crippen molar-refractivity contribution >= 4 is 5.69 Å². The van der Waals surface area contributed by atoms with Crippen molar-refractivity contribution in [2.75, 3.05) is 19.0 Å². The van der Waals surface area contributed by atoms with Crippen LogP contribution in [0.5, 0.6) is 0 Å². The summed E-state index contributed by atoms with van der Waals surface area (Å²) in [5.41, 5.74) is 9.78. The number of nitrogens with two attached hydrogens (primary N) is 1. The van der Waals surface area contributed by atoms with E-state index in [0.29, 0.717) is 0 Å². The molecule has 1 aromatic carbocycles. The Labute approximate surface area is 86.7 Å². The van der Waals surface area contributed by atoms with Crippen molar-refractivity contribution in [2.24, 2.45) is 5.73 Å². The van der Waals surface area contributed by atoms with Crippen LogP contribution in [0.4, 0.5) is 5.69 Å². The Morgan fingerprint density at radius 2 is 2.00 bits per heavy atom. The molecule has 0 aromatic heterocycles. The summed E-state index contributed by atoms with van der Waals surface area (Å²) < 4.78 is 0. The van der Waals surface area contributed by atoms with E-state index in [0.717, 1.165) is 6.42 Å². The number of hydrogen-bond acceptors (Lipinski definition) is 2. The Balaban J connectivity index is 3.01. The smallest absolute Gasteiger partial charge is 0.0363 e. The number of nitrogens with zero attached hydrogens (tertiary/aromatic N) is 1. The zero-order chi connectivity index (χ0) is 10.7. The van der Waals surface area contributed by atoms with Gasteiger partial charge in [-0.3, -0.25) is 0 Å². The van der Waals surface area contributed by atoms with Gasteiger partial charge < -0.3 is 10.6 Å². The zero-order valence-corrected chi connectivity index (χ0v) is 9.54. The Morgan fingerprint density at radius 3 is 2.43 bits per heavy atom. The first-order chi connectivity index (χ1) is 6.56. The highest BCUT2D eigenvalue weighted by molar-refractivity contribution is 5.50. The van der Waals surface area contributed by atoms with Gasteiger partial charge in [-0.1, -0.05) is 13.0 Å². The molecule has 0 aliphatic carbocycles. The molecule has 2 N–H and O–H groups in total. The Kier molecular flexibility index (Phi) is 3.53. The molecule has 0 saturated heterocycles. The predicted octanol–water partition coefficient (Wildman–Crippen LogP) is 2.47. The van der Waals surface area contributed by atoms with E-state index < -0.39 is 0 Å². The van der Waals surface area contributed by atoms with E-state index in [1.807, 2.05) is 14.1 Å². The van der Waals surface area contributed by atoms with Gasteiger partial charge in [0.15, 0.2) is 0 Å². The molecule has 1 rings (SSSR count). The molecule has 0 spiro atoms. The minimum atomic E-state index is 0.172. The van der Waals surface area contributed by atoms with Crippen molar-refractivity contribution in [1.82, 2.24) is 0 Å². The molecule has 0 radical (unpaired) electrons. The van der Waals surface area contributed by atoms with Crippen molar-refractivity contribution in [2.45, 2.75) is 26.3 Å². The second-order valence-electron chi connectivity index (χ2n) is 3.95. The highest BCUT2D eigenvalue weighted by Gasteiger charge is 2.07. The summed E-state index contributed by atoms with van der Waals surface area (Å²) in [4.78, 5) is 2.11. The van der Waals surface area contributed by atoms with Crippen molar-refractivity contribution in [3.05, 3.63) is 29.3 Å². The van der Waals surface area contributed by atoms with Crippen LogP contribution in [-0.2, 0) is 0 Å². The van der Waals surface area contributed by atoms with Crippen LogP contribution < -0.4 is 10.6 Å². The standard InChI is InChI=1S/C12H20N2/c1-5-12(13)11-7-6-10(14(3)4)8-9(11)2/h6-8,12H,5,13H2,1-4H3/t12-/m0/s1. The molecule has 0 saturated carbocycles. The van der Waals surface area contributed by atoms with E-state index in [-0.39, 0.29) is 6.04 Å². The third-order valence-electron chi connectivity index (χ3n) is 2.61. The Morgan fingerprint density at radius 1 is 1.36 bits per heavy atom. The highest BCUT2D eigenvalue weighted by Crippen LogP contribution is 2.22. The molecule has 0 amide bonds. The average molecular weight is 192 g/mol. The summed E-state index contributed by atoms with van der Waals surface area (Å²) in [6, 6.07) is 6.62. The van der Waals surface area contributed by atoms with E-state index >= 15 is 0 Å². The first-order valence-electron chi connectivity index (χ1n) is 5.09. The molecule has 14 heavy (non-hydrogen) atoms. The molecular weight excluding hydrogens is 172 g/mol. The summed E-state index contributed by atoms with van der Waals surface area (Å²) in [6.45, 7) is 4.24.